The molecule has 0 bridgehead atoms. The van der Waals surface area contributed by atoms with Crippen LogP contribution in [0.1, 0.15) is 34.3 Å². The zero-order chi connectivity index (χ0) is 26.8. The minimum atomic E-state index is -0.733. The van der Waals surface area contributed by atoms with E-state index in [0.29, 0.717) is 16.5 Å². The van der Waals surface area contributed by atoms with Gasteiger partial charge in [-0.1, -0.05) is 17.7 Å². The summed E-state index contributed by atoms with van der Waals surface area (Å²) < 4.78 is 10.7. The predicted molar refractivity (Wildman–Crippen MR) is 138 cm³/mol. The average Bonchev–Trinajstić information content (AvgIpc) is 2.86. The van der Waals surface area contributed by atoms with Crippen molar-refractivity contribution >= 4 is 41.0 Å². The van der Waals surface area contributed by atoms with Crippen molar-refractivity contribution in [2.45, 2.75) is 26.7 Å². The molecule has 10 heteroatoms. The Morgan fingerprint density at radius 2 is 1.41 bits per heavy atom. The number of hydrogen-bond acceptors (Lipinski definition) is 6. The quantitative estimate of drug-likeness (QED) is 0.281. The van der Waals surface area contributed by atoms with E-state index in [9.17, 15) is 19.2 Å². The number of hydrogen-bond donors (Lipinski definition) is 3. The molecule has 0 aliphatic heterocycles. The summed E-state index contributed by atoms with van der Waals surface area (Å²) in [5.41, 5.74) is 7.36. The van der Waals surface area contributed by atoms with Gasteiger partial charge in [-0.15, -0.1) is 0 Å². The van der Waals surface area contributed by atoms with Crippen molar-refractivity contribution in [3.8, 4) is 11.5 Å². The molecule has 3 amide bonds. The SMILES string of the molecule is Cc1cc(C)cc(Oc2ccc(NC(=O)CCC(=O)OCC(=O)NNC(=O)c3ccc(Cl)cc3)cc2)c1. The van der Waals surface area contributed by atoms with E-state index in [0.717, 1.165) is 16.9 Å². The summed E-state index contributed by atoms with van der Waals surface area (Å²) in [6, 6.07) is 18.8. The molecular formula is C27H26ClN3O6. The highest BCUT2D eigenvalue weighted by atomic mass is 35.5. The molecule has 0 aliphatic carbocycles. The van der Waals surface area contributed by atoms with Crippen molar-refractivity contribution < 1.29 is 28.7 Å². The highest BCUT2D eigenvalue weighted by molar-refractivity contribution is 6.30. The van der Waals surface area contributed by atoms with E-state index in [1.54, 1.807) is 24.3 Å². The fourth-order valence-electron chi connectivity index (χ4n) is 3.23. The smallest absolute Gasteiger partial charge is 0.306 e. The number of carbonyl (C=O) groups excluding carboxylic acids is 4. The van der Waals surface area contributed by atoms with Gasteiger partial charge in [0.1, 0.15) is 11.5 Å². The summed E-state index contributed by atoms with van der Waals surface area (Å²) in [5.74, 6) is -1.06. The Morgan fingerprint density at radius 3 is 2.05 bits per heavy atom. The van der Waals surface area contributed by atoms with Crippen molar-refractivity contribution in [2.24, 2.45) is 0 Å². The second-order valence-electron chi connectivity index (χ2n) is 8.17. The lowest BCUT2D eigenvalue weighted by molar-refractivity contribution is -0.149. The summed E-state index contributed by atoms with van der Waals surface area (Å²) >= 11 is 5.76. The van der Waals surface area contributed by atoms with Gasteiger partial charge in [-0.2, -0.15) is 0 Å². The van der Waals surface area contributed by atoms with Gasteiger partial charge in [-0.05, 0) is 85.6 Å². The molecule has 0 atom stereocenters. The number of ether oxygens (including phenoxy) is 2. The molecule has 3 rings (SSSR count). The lowest BCUT2D eigenvalue weighted by Gasteiger charge is -2.10. The van der Waals surface area contributed by atoms with E-state index < -0.39 is 24.4 Å². The van der Waals surface area contributed by atoms with E-state index >= 15 is 0 Å². The molecule has 0 saturated heterocycles. The Morgan fingerprint density at radius 1 is 0.757 bits per heavy atom. The van der Waals surface area contributed by atoms with Crippen LogP contribution in [0.5, 0.6) is 11.5 Å². The molecule has 0 unspecified atom stereocenters. The Hall–Kier alpha value is -4.37. The van der Waals surface area contributed by atoms with Gasteiger partial charge in [-0.3, -0.25) is 30.0 Å². The Labute approximate surface area is 219 Å². The van der Waals surface area contributed by atoms with E-state index in [1.807, 2.05) is 26.0 Å². The number of benzene rings is 3. The fourth-order valence-corrected chi connectivity index (χ4v) is 3.35. The molecular weight excluding hydrogens is 498 g/mol. The van der Waals surface area contributed by atoms with Crippen LogP contribution in [-0.4, -0.2) is 30.3 Å². The van der Waals surface area contributed by atoms with Crippen molar-refractivity contribution in [1.29, 1.82) is 0 Å². The lowest BCUT2D eigenvalue weighted by atomic mass is 10.1. The van der Waals surface area contributed by atoms with E-state index in [-0.39, 0.29) is 24.3 Å². The van der Waals surface area contributed by atoms with Crippen LogP contribution in [0.2, 0.25) is 5.02 Å². The van der Waals surface area contributed by atoms with Gasteiger partial charge in [0.05, 0.1) is 6.42 Å². The maximum absolute atomic E-state index is 12.2. The molecule has 3 N–H and O–H groups in total. The van der Waals surface area contributed by atoms with Crippen LogP contribution in [0.15, 0.2) is 66.7 Å². The second-order valence-corrected chi connectivity index (χ2v) is 8.60. The first kappa shape index (κ1) is 27.2. The zero-order valence-electron chi connectivity index (χ0n) is 20.3. The summed E-state index contributed by atoms with van der Waals surface area (Å²) in [5, 5.41) is 3.16. The van der Waals surface area contributed by atoms with Gasteiger partial charge in [0.25, 0.3) is 11.8 Å². The third kappa shape index (κ3) is 9.30. The van der Waals surface area contributed by atoms with E-state index in [1.165, 1.54) is 24.3 Å². The zero-order valence-corrected chi connectivity index (χ0v) is 21.1. The maximum atomic E-state index is 12.2. The molecule has 0 saturated carbocycles. The van der Waals surface area contributed by atoms with Crippen LogP contribution in [0.4, 0.5) is 5.69 Å². The number of amides is 3. The third-order valence-electron chi connectivity index (χ3n) is 4.91. The first-order valence-electron chi connectivity index (χ1n) is 11.3. The molecule has 0 spiro atoms. The first-order valence-corrected chi connectivity index (χ1v) is 11.7. The molecule has 9 nitrogen and oxygen atoms in total. The van der Waals surface area contributed by atoms with E-state index in [4.69, 9.17) is 21.1 Å². The van der Waals surface area contributed by atoms with Crippen LogP contribution in [-0.2, 0) is 19.1 Å². The van der Waals surface area contributed by atoms with Crippen molar-refractivity contribution in [3.63, 3.8) is 0 Å². The van der Waals surface area contributed by atoms with Crippen molar-refractivity contribution in [2.75, 3.05) is 11.9 Å². The highest BCUT2D eigenvalue weighted by Crippen LogP contribution is 2.25. The topological polar surface area (TPSA) is 123 Å². The molecule has 0 radical (unpaired) electrons. The molecule has 37 heavy (non-hydrogen) atoms. The minimum Gasteiger partial charge on any atom is -0.457 e. The molecule has 3 aromatic carbocycles. The summed E-state index contributed by atoms with van der Waals surface area (Å²) in [4.78, 5) is 47.7. The van der Waals surface area contributed by atoms with Gasteiger partial charge in [0.2, 0.25) is 5.91 Å². The van der Waals surface area contributed by atoms with Crippen LogP contribution in [0.3, 0.4) is 0 Å². The number of anilines is 1. The molecule has 192 valence electrons. The van der Waals surface area contributed by atoms with Crippen LogP contribution in [0.25, 0.3) is 0 Å². The van der Waals surface area contributed by atoms with Gasteiger partial charge in [0.15, 0.2) is 6.61 Å². The number of halogens is 1. The summed E-state index contributed by atoms with van der Waals surface area (Å²) in [6.45, 7) is 3.38. The minimum absolute atomic E-state index is 0.130. The van der Waals surface area contributed by atoms with Gasteiger partial charge in [-0.25, -0.2) is 0 Å². The number of carbonyl (C=O) groups is 4. The van der Waals surface area contributed by atoms with Crippen LogP contribution >= 0.6 is 11.6 Å². The molecule has 0 fully saturated rings. The molecule has 3 aromatic rings. The molecule has 0 aromatic heterocycles. The Kier molecular flexibility index (Phi) is 9.62. The Bertz CT molecular complexity index is 1260. The van der Waals surface area contributed by atoms with Gasteiger partial charge < -0.3 is 14.8 Å². The maximum Gasteiger partial charge on any atom is 0.306 e. The predicted octanol–water partition coefficient (Wildman–Crippen LogP) is 4.47. The normalized spacial score (nSPS) is 10.2. The number of hydrazine groups is 1. The van der Waals surface area contributed by atoms with Gasteiger partial charge >= 0.3 is 5.97 Å². The first-order chi connectivity index (χ1) is 17.7. The van der Waals surface area contributed by atoms with Crippen LogP contribution < -0.4 is 20.9 Å². The fraction of sp³-hybridized carbons (Fsp3) is 0.185. The van der Waals surface area contributed by atoms with Crippen molar-refractivity contribution in [1.82, 2.24) is 10.9 Å². The van der Waals surface area contributed by atoms with Crippen LogP contribution in [0, 0.1) is 13.8 Å². The largest absolute Gasteiger partial charge is 0.457 e. The standard InChI is InChI=1S/C27H26ClN3O6/c1-17-13-18(2)15-23(14-17)37-22-9-7-21(8-10-22)29-24(32)11-12-26(34)36-16-25(33)30-31-27(35)19-3-5-20(28)6-4-19/h3-10,13-15H,11-12,16H2,1-2H3,(H,29,32)(H,30,33)(H,31,35). The number of rotatable bonds is 9. The Balaban J connectivity index is 1.34. The average molecular weight is 524 g/mol. The van der Waals surface area contributed by atoms with Gasteiger partial charge in [0, 0.05) is 22.7 Å². The number of aryl methyl sites for hydroxylation is 2. The second kappa shape index (κ2) is 13.1. The molecule has 0 heterocycles. The number of esters is 1. The summed E-state index contributed by atoms with van der Waals surface area (Å²) in [6.07, 6.45) is -0.348. The monoisotopic (exact) mass is 523 g/mol. The lowest BCUT2D eigenvalue weighted by Crippen LogP contribution is -2.43. The highest BCUT2D eigenvalue weighted by Gasteiger charge is 2.12. The van der Waals surface area contributed by atoms with E-state index in [2.05, 4.69) is 22.2 Å². The summed E-state index contributed by atoms with van der Waals surface area (Å²) in [7, 11) is 0. The molecule has 0 aliphatic rings. The third-order valence-corrected chi connectivity index (χ3v) is 5.16. The van der Waals surface area contributed by atoms with Crippen molar-refractivity contribution in [3.05, 3.63) is 88.4 Å². The number of nitrogens with one attached hydrogen (secondary N) is 3.